The summed E-state index contributed by atoms with van der Waals surface area (Å²) in [5.74, 6) is -0.214. The molecule has 0 radical (unpaired) electrons. The number of nitro groups is 1. The van der Waals surface area contributed by atoms with Crippen molar-refractivity contribution in [3.05, 3.63) is 106 Å². The number of benzene rings is 3. The van der Waals surface area contributed by atoms with E-state index < -0.39 is 4.92 Å². The Morgan fingerprint density at radius 2 is 1.36 bits per heavy atom. The molecule has 0 unspecified atom stereocenters. The summed E-state index contributed by atoms with van der Waals surface area (Å²) in [4.78, 5) is 22.1. The zero-order valence-corrected chi connectivity index (χ0v) is 14.0. The van der Waals surface area contributed by atoms with Gasteiger partial charge in [0.05, 0.1) is 4.92 Å². The summed E-state index contributed by atoms with van der Waals surface area (Å²) in [6, 6.07) is 23.7. The minimum absolute atomic E-state index is 0.0771. The predicted octanol–water partition coefficient (Wildman–Crippen LogP) is 4.43. The van der Waals surface area contributed by atoms with E-state index in [4.69, 9.17) is 0 Å². The second-order valence-electron chi connectivity index (χ2n) is 4.93. The molecule has 3 rings (SSSR count). The molecule has 0 bridgehead atoms. The summed E-state index contributed by atoms with van der Waals surface area (Å²) >= 11 is 0. The second-order valence-corrected chi connectivity index (χ2v) is 5.63. The van der Waals surface area contributed by atoms with Crippen LogP contribution in [0.5, 0.6) is 0 Å². The third-order valence-corrected chi connectivity index (χ3v) is 3.73. The van der Waals surface area contributed by atoms with E-state index in [0.29, 0.717) is 11.1 Å². The summed E-state index contributed by atoms with van der Waals surface area (Å²) < 4.78 is 10.1. The van der Waals surface area contributed by atoms with Crippen LogP contribution in [0.15, 0.2) is 84.9 Å². The van der Waals surface area contributed by atoms with Gasteiger partial charge in [0, 0.05) is 28.6 Å². The van der Waals surface area contributed by atoms with Gasteiger partial charge in [-0.3, -0.25) is 19.5 Å². The molecule has 0 aromatic heterocycles. The van der Waals surface area contributed by atoms with Gasteiger partial charge in [-0.05, 0) is 12.1 Å². The van der Waals surface area contributed by atoms with Gasteiger partial charge in [-0.15, -0.1) is 0 Å². The number of non-ortho nitro benzene ring substituents is 1. The fourth-order valence-corrected chi connectivity index (χ4v) is 2.30. The van der Waals surface area contributed by atoms with Gasteiger partial charge >= 0.3 is 0 Å². The predicted molar refractivity (Wildman–Crippen MR) is 96.7 cm³/mol. The van der Waals surface area contributed by atoms with E-state index in [0.717, 1.165) is 5.30 Å². The van der Waals surface area contributed by atoms with E-state index in [1.165, 1.54) is 18.2 Å². The van der Waals surface area contributed by atoms with Crippen molar-refractivity contribution in [2.45, 2.75) is 0 Å². The standard InChI is InChI=1S/C13H9NO3.C6H5OP/c15-13(10-5-2-1-3-6-10)11-7-4-8-12(9-11)14(16)17;7-8-6-4-2-1-3-5-6/h1-9H;1-5H. The van der Waals surface area contributed by atoms with E-state index in [-0.39, 0.29) is 19.9 Å². The Labute approximate surface area is 146 Å². The van der Waals surface area contributed by atoms with Gasteiger partial charge in [-0.2, -0.15) is 0 Å². The molecule has 0 aliphatic carbocycles. The molecule has 0 fully saturated rings. The lowest BCUT2D eigenvalue weighted by Gasteiger charge is -2.00. The van der Waals surface area contributed by atoms with Crippen molar-refractivity contribution in [1.82, 2.24) is 0 Å². The number of hydrogen-bond acceptors (Lipinski definition) is 4. The molecule has 0 saturated carbocycles. The fraction of sp³-hybridized carbons (Fsp3) is 0. The monoisotopic (exact) mass is 351 g/mol. The molecular formula is C19H14NO4P. The van der Waals surface area contributed by atoms with Crippen molar-refractivity contribution >= 4 is 25.2 Å². The lowest BCUT2D eigenvalue weighted by Crippen LogP contribution is -2.01. The Kier molecular flexibility index (Phi) is 6.69. The minimum atomic E-state index is -0.512. The zero-order valence-electron chi connectivity index (χ0n) is 13.1. The molecule has 0 N–H and O–H groups in total. The van der Waals surface area contributed by atoms with Crippen molar-refractivity contribution in [3.63, 3.8) is 0 Å². The van der Waals surface area contributed by atoms with Crippen molar-refractivity contribution in [3.8, 4) is 0 Å². The Bertz CT molecular complexity index is 867. The van der Waals surface area contributed by atoms with Crippen molar-refractivity contribution < 1.29 is 14.3 Å². The van der Waals surface area contributed by atoms with Crippen LogP contribution in [0, 0.1) is 10.1 Å². The molecule has 0 saturated heterocycles. The Hall–Kier alpha value is -3.17. The summed E-state index contributed by atoms with van der Waals surface area (Å²) in [6.45, 7) is 0. The molecule has 3 aromatic rings. The average Bonchev–Trinajstić information content (AvgIpc) is 2.69. The Balaban J connectivity index is 0.000000236. The lowest BCUT2D eigenvalue weighted by atomic mass is 10.0. The van der Waals surface area contributed by atoms with Crippen LogP contribution < -0.4 is 5.30 Å². The van der Waals surface area contributed by atoms with Gasteiger partial charge in [-0.1, -0.05) is 60.7 Å². The molecule has 25 heavy (non-hydrogen) atoms. The third-order valence-electron chi connectivity index (χ3n) is 3.22. The van der Waals surface area contributed by atoms with Gasteiger partial charge in [0.2, 0.25) is 0 Å². The first-order valence-electron chi connectivity index (χ1n) is 7.34. The first-order valence-corrected chi connectivity index (χ1v) is 8.15. The van der Waals surface area contributed by atoms with Crippen LogP contribution in [0.2, 0.25) is 0 Å². The highest BCUT2D eigenvalue weighted by molar-refractivity contribution is 7.34. The van der Waals surface area contributed by atoms with E-state index in [1.54, 1.807) is 30.3 Å². The maximum Gasteiger partial charge on any atom is 0.270 e. The van der Waals surface area contributed by atoms with Crippen molar-refractivity contribution in [2.75, 3.05) is 0 Å². The molecule has 0 heterocycles. The Morgan fingerprint density at radius 1 is 0.800 bits per heavy atom. The number of ketones is 1. The fourth-order valence-electron chi connectivity index (χ4n) is 2.01. The summed E-state index contributed by atoms with van der Waals surface area (Å²) in [6.07, 6.45) is 0. The van der Waals surface area contributed by atoms with Crippen LogP contribution in [0.1, 0.15) is 15.9 Å². The molecule has 124 valence electrons. The van der Waals surface area contributed by atoms with Crippen LogP contribution in [0.3, 0.4) is 0 Å². The largest absolute Gasteiger partial charge is 0.289 e. The number of rotatable bonds is 4. The quantitative estimate of drug-likeness (QED) is 0.301. The summed E-state index contributed by atoms with van der Waals surface area (Å²) in [7, 11) is 0.0994. The molecular weight excluding hydrogens is 337 g/mol. The second kappa shape index (κ2) is 9.21. The summed E-state index contributed by atoms with van der Waals surface area (Å²) in [5, 5.41) is 11.4. The number of nitro benzene ring substituents is 1. The first kappa shape index (κ1) is 18.2. The van der Waals surface area contributed by atoms with Crippen LogP contribution >= 0.6 is 8.46 Å². The molecule has 6 heteroatoms. The topological polar surface area (TPSA) is 77.3 Å². The van der Waals surface area contributed by atoms with E-state index in [2.05, 4.69) is 0 Å². The van der Waals surface area contributed by atoms with Crippen LogP contribution in [0.25, 0.3) is 0 Å². The lowest BCUT2D eigenvalue weighted by molar-refractivity contribution is -0.384. The van der Waals surface area contributed by atoms with Gasteiger partial charge in [0.25, 0.3) is 5.69 Å². The van der Waals surface area contributed by atoms with Gasteiger partial charge < -0.3 is 0 Å². The van der Waals surface area contributed by atoms with Crippen molar-refractivity contribution in [1.29, 1.82) is 0 Å². The molecule has 0 amide bonds. The third kappa shape index (κ3) is 5.44. The highest BCUT2D eigenvalue weighted by Crippen LogP contribution is 2.16. The number of nitrogens with zero attached hydrogens (tertiary/aromatic N) is 1. The summed E-state index contributed by atoms with van der Waals surface area (Å²) in [5.41, 5.74) is 0.769. The van der Waals surface area contributed by atoms with Gasteiger partial charge in [-0.25, -0.2) is 0 Å². The highest BCUT2D eigenvalue weighted by Gasteiger charge is 2.12. The van der Waals surface area contributed by atoms with E-state index in [9.17, 15) is 19.5 Å². The number of carbonyl (C=O) groups is 1. The maximum absolute atomic E-state index is 12.0. The van der Waals surface area contributed by atoms with E-state index in [1.807, 2.05) is 36.4 Å². The first-order chi connectivity index (χ1) is 12.1. The van der Waals surface area contributed by atoms with Crippen molar-refractivity contribution in [2.24, 2.45) is 0 Å². The smallest absolute Gasteiger partial charge is 0.270 e. The molecule has 0 aliphatic rings. The average molecular weight is 351 g/mol. The molecule has 5 nitrogen and oxygen atoms in total. The zero-order chi connectivity index (χ0) is 18.1. The molecule has 0 aliphatic heterocycles. The molecule has 0 spiro atoms. The SMILES string of the molecule is O=C(c1ccccc1)c1cccc([N+](=O)[O-])c1.O=Pc1ccccc1. The van der Waals surface area contributed by atoms with Crippen LogP contribution in [0.4, 0.5) is 5.69 Å². The number of hydrogen-bond donors (Lipinski definition) is 0. The molecule has 0 atom stereocenters. The Morgan fingerprint density at radius 3 is 1.88 bits per heavy atom. The van der Waals surface area contributed by atoms with E-state index >= 15 is 0 Å². The number of carbonyl (C=O) groups excluding carboxylic acids is 1. The molecule has 3 aromatic carbocycles. The van der Waals surface area contributed by atoms with Gasteiger partial charge in [0.15, 0.2) is 14.2 Å². The van der Waals surface area contributed by atoms with Crippen LogP contribution in [-0.2, 0) is 4.57 Å². The minimum Gasteiger partial charge on any atom is -0.289 e. The van der Waals surface area contributed by atoms with Gasteiger partial charge in [0.1, 0.15) is 0 Å². The highest BCUT2D eigenvalue weighted by atomic mass is 31.1. The van der Waals surface area contributed by atoms with Crippen LogP contribution in [-0.4, -0.2) is 10.7 Å². The maximum atomic E-state index is 12.0. The normalized spacial score (nSPS) is 9.76.